The molecule has 0 saturated carbocycles. The second-order valence-corrected chi connectivity index (χ2v) is 3.52. The summed E-state index contributed by atoms with van der Waals surface area (Å²) in [5.74, 6) is 0. The van der Waals surface area contributed by atoms with Crippen molar-refractivity contribution in [3.8, 4) is 0 Å². The van der Waals surface area contributed by atoms with Crippen LogP contribution in [0.25, 0.3) is 0 Å². The molecule has 3 heteroatoms. The standard InChI is InChI=1S/C8H19NO2/c1-8(2,6-10)7-11-5-3-4-9/h10H,3-7,9H2,1-2H3. The smallest absolute Gasteiger partial charge is 0.0539 e. The highest BCUT2D eigenvalue weighted by molar-refractivity contribution is 4.64. The SMILES string of the molecule is CC(C)(CO)COCCCN. The molecule has 3 nitrogen and oxygen atoms in total. The number of rotatable bonds is 6. The molecule has 0 aromatic rings. The summed E-state index contributed by atoms with van der Waals surface area (Å²) in [6.45, 7) is 6.06. The van der Waals surface area contributed by atoms with E-state index < -0.39 is 0 Å². The van der Waals surface area contributed by atoms with Gasteiger partial charge in [0, 0.05) is 12.0 Å². The minimum absolute atomic E-state index is 0.116. The molecular weight excluding hydrogens is 142 g/mol. The summed E-state index contributed by atoms with van der Waals surface area (Å²) in [5, 5.41) is 8.85. The Kier molecular flexibility index (Phi) is 5.46. The number of hydrogen-bond donors (Lipinski definition) is 2. The van der Waals surface area contributed by atoms with Gasteiger partial charge in [0.1, 0.15) is 0 Å². The van der Waals surface area contributed by atoms with E-state index in [1.165, 1.54) is 0 Å². The zero-order valence-electron chi connectivity index (χ0n) is 7.47. The molecule has 68 valence electrons. The number of aliphatic hydroxyl groups excluding tert-OH is 1. The molecule has 0 rings (SSSR count). The van der Waals surface area contributed by atoms with Crippen LogP contribution in [0.4, 0.5) is 0 Å². The Bertz CT molecular complexity index is 94.1. The van der Waals surface area contributed by atoms with Crippen molar-refractivity contribution in [3.63, 3.8) is 0 Å². The van der Waals surface area contributed by atoms with E-state index in [0.717, 1.165) is 6.42 Å². The van der Waals surface area contributed by atoms with Gasteiger partial charge in [-0.3, -0.25) is 0 Å². The maximum absolute atomic E-state index is 8.85. The predicted octanol–water partition coefficient (Wildman–Crippen LogP) is 0.370. The maximum Gasteiger partial charge on any atom is 0.0539 e. The first-order valence-electron chi connectivity index (χ1n) is 4.01. The minimum atomic E-state index is -0.116. The van der Waals surface area contributed by atoms with Gasteiger partial charge in [-0.25, -0.2) is 0 Å². The van der Waals surface area contributed by atoms with Gasteiger partial charge in [0.2, 0.25) is 0 Å². The molecule has 0 bridgehead atoms. The van der Waals surface area contributed by atoms with E-state index in [4.69, 9.17) is 15.6 Å². The highest BCUT2D eigenvalue weighted by Crippen LogP contribution is 2.13. The third-order valence-corrected chi connectivity index (χ3v) is 1.41. The van der Waals surface area contributed by atoms with E-state index in [0.29, 0.717) is 19.8 Å². The van der Waals surface area contributed by atoms with E-state index in [1.807, 2.05) is 13.8 Å². The first kappa shape index (κ1) is 10.9. The molecule has 0 aromatic carbocycles. The Morgan fingerprint density at radius 3 is 2.55 bits per heavy atom. The van der Waals surface area contributed by atoms with Crippen molar-refractivity contribution in [2.45, 2.75) is 20.3 Å². The summed E-state index contributed by atoms with van der Waals surface area (Å²) < 4.78 is 5.29. The molecular formula is C8H19NO2. The van der Waals surface area contributed by atoms with Crippen molar-refractivity contribution in [3.05, 3.63) is 0 Å². The average molecular weight is 161 g/mol. The summed E-state index contributed by atoms with van der Waals surface area (Å²) in [6, 6.07) is 0. The molecule has 0 aromatic heterocycles. The van der Waals surface area contributed by atoms with E-state index in [-0.39, 0.29) is 12.0 Å². The molecule has 0 heterocycles. The molecule has 0 fully saturated rings. The topological polar surface area (TPSA) is 55.5 Å². The lowest BCUT2D eigenvalue weighted by atomic mass is 9.97. The van der Waals surface area contributed by atoms with E-state index >= 15 is 0 Å². The molecule has 0 aliphatic carbocycles. The number of nitrogens with two attached hydrogens (primary N) is 1. The van der Waals surface area contributed by atoms with E-state index in [9.17, 15) is 0 Å². The fourth-order valence-electron chi connectivity index (χ4n) is 0.580. The first-order valence-corrected chi connectivity index (χ1v) is 4.01. The second kappa shape index (κ2) is 5.52. The van der Waals surface area contributed by atoms with Gasteiger partial charge in [-0.05, 0) is 13.0 Å². The van der Waals surface area contributed by atoms with Gasteiger partial charge < -0.3 is 15.6 Å². The lowest BCUT2D eigenvalue weighted by molar-refractivity contribution is 0.0278. The van der Waals surface area contributed by atoms with Gasteiger partial charge in [-0.1, -0.05) is 13.8 Å². The second-order valence-electron chi connectivity index (χ2n) is 3.52. The normalized spacial score (nSPS) is 12.0. The maximum atomic E-state index is 8.85. The highest BCUT2D eigenvalue weighted by Gasteiger charge is 2.15. The van der Waals surface area contributed by atoms with Crippen LogP contribution in [0.2, 0.25) is 0 Å². The molecule has 0 aliphatic heterocycles. The van der Waals surface area contributed by atoms with E-state index in [2.05, 4.69) is 0 Å². The lowest BCUT2D eigenvalue weighted by Gasteiger charge is -2.20. The van der Waals surface area contributed by atoms with Crippen molar-refractivity contribution in [2.24, 2.45) is 11.1 Å². The zero-order valence-corrected chi connectivity index (χ0v) is 7.47. The summed E-state index contributed by atoms with van der Waals surface area (Å²) in [4.78, 5) is 0. The van der Waals surface area contributed by atoms with Gasteiger partial charge in [0.25, 0.3) is 0 Å². The van der Waals surface area contributed by atoms with Crippen LogP contribution in [0.5, 0.6) is 0 Å². The number of ether oxygens (including phenoxy) is 1. The first-order chi connectivity index (χ1) is 5.12. The zero-order chi connectivity index (χ0) is 8.74. The van der Waals surface area contributed by atoms with Crippen LogP contribution < -0.4 is 5.73 Å². The Balaban J connectivity index is 3.23. The van der Waals surface area contributed by atoms with E-state index in [1.54, 1.807) is 0 Å². The van der Waals surface area contributed by atoms with Gasteiger partial charge in [0.05, 0.1) is 13.2 Å². The third-order valence-electron chi connectivity index (χ3n) is 1.41. The molecule has 0 aliphatic rings. The van der Waals surface area contributed by atoms with Crippen molar-refractivity contribution in [2.75, 3.05) is 26.4 Å². The van der Waals surface area contributed by atoms with Gasteiger partial charge in [0.15, 0.2) is 0 Å². The molecule has 0 radical (unpaired) electrons. The lowest BCUT2D eigenvalue weighted by Crippen LogP contribution is -2.24. The van der Waals surface area contributed by atoms with Gasteiger partial charge in [-0.15, -0.1) is 0 Å². The number of hydrogen-bond acceptors (Lipinski definition) is 3. The molecule has 0 atom stereocenters. The Morgan fingerprint density at radius 1 is 1.45 bits per heavy atom. The predicted molar refractivity (Wildman–Crippen MR) is 45.4 cm³/mol. The Labute approximate surface area is 68.5 Å². The van der Waals surface area contributed by atoms with Crippen molar-refractivity contribution >= 4 is 0 Å². The van der Waals surface area contributed by atoms with Crippen molar-refractivity contribution < 1.29 is 9.84 Å². The summed E-state index contributed by atoms with van der Waals surface area (Å²) in [6.07, 6.45) is 0.890. The fraction of sp³-hybridized carbons (Fsp3) is 1.00. The monoisotopic (exact) mass is 161 g/mol. The largest absolute Gasteiger partial charge is 0.396 e. The fourth-order valence-corrected chi connectivity index (χ4v) is 0.580. The quantitative estimate of drug-likeness (QED) is 0.553. The van der Waals surface area contributed by atoms with Crippen LogP contribution in [-0.4, -0.2) is 31.5 Å². The molecule has 0 unspecified atom stereocenters. The molecule has 0 saturated heterocycles. The number of aliphatic hydroxyl groups is 1. The Hall–Kier alpha value is -0.120. The van der Waals surface area contributed by atoms with Crippen LogP contribution in [-0.2, 0) is 4.74 Å². The van der Waals surface area contributed by atoms with Crippen molar-refractivity contribution in [1.82, 2.24) is 0 Å². The van der Waals surface area contributed by atoms with Gasteiger partial charge in [-0.2, -0.15) is 0 Å². The third kappa shape index (κ3) is 6.28. The minimum Gasteiger partial charge on any atom is -0.396 e. The van der Waals surface area contributed by atoms with Crippen LogP contribution in [0.1, 0.15) is 20.3 Å². The summed E-state index contributed by atoms with van der Waals surface area (Å²) in [5.41, 5.74) is 5.16. The van der Waals surface area contributed by atoms with Crippen LogP contribution in [0.15, 0.2) is 0 Å². The molecule has 0 amide bonds. The van der Waals surface area contributed by atoms with Crippen molar-refractivity contribution in [1.29, 1.82) is 0 Å². The average Bonchev–Trinajstić information content (AvgIpc) is 1.99. The van der Waals surface area contributed by atoms with Crippen LogP contribution >= 0.6 is 0 Å². The Morgan fingerprint density at radius 2 is 2.09 bits per heavy atom. The summed E-state index contributed by atoms with van der Waals surface area (Å²) in [7, 11) is 0. The van der Waals surface area contributed by atoms with Gasteiger partial charge >= 0.3 is 0 Å². The highest BCUT2D eigenvalue weighted by atomic mass is 16.5. The van der Waals surface area contributed by atoms with Crippen LogP contribution in [0, 0.1) is 5.41 Å². The molecule has 3 N–H and O–H groups in total. The van der Waals surface area contributed by atoms with Crippen LogP contribution in [0.3, 0.4) is 0 Å². The summed E-state index contributed by atoms with van der Waals surface area (Å²) >= 11 is 0. The molecule has 11 heavy (non-hydrogen) atoms. The molecule has 0 spiro atoms.